The molecule has 4 heteroatoms. The van der Waals surface area contributed by atoms with Crippen molar-refractivity contribution in [1.29, 1.82) is 0 Å². The number of amides is 1. The number of para-hydroxylation sites is 2. The number of benzene rings is 1. The number of rotatable bonds is 2. The molecule has 1 amide bonds. The van der Waals surface area contributed by atoms with Gasteiger partial charge in [-0.3, -0.25) is 4.79 Å². The SMILES string of the molecule is O=C(C1CCC1)N1[C@@H]2CCCC[C@H]2C[C@H]1c1nc2ccccc2[nH]1. The van der Waals surface area contributed by atoms with Gasteiger partial charge < -0.3 is 9.88 Å². The van der Waals surface area contributed by atoms with E-state index in [0.29, 0.717) is 17.9 Å². The average molecular weight is 323 g/mol. The van der Waals surface area contributed by atoms with E-state index in [1.165, 1.54) is 32.1 Å². The van der Waals surface area contributed by atoms with Crippen LogP contribution in [-0.2, 0) is 4.79 Å². The lowest BCUT2D eigenvalue weighted by Crippen LogP contribution is -2.45. The molecule has 1 saturated heterocycles. The Labute approximate surface area is 142 Å². The standard InChI is InChI=1S/C20H25N3O/c24-20(13-7-5-8-13)23-17-11-4-1-6-14(17)12-18(23)19-21-15-9-2-3-10-16(15)22-19/h2-3,9-10,13-14,17-18H,1,4-8,11-12H2,(H,21,22)/t14-,17+,18-/m0/s1. The van der Waals surface area contributed by atoms with Crippen LogP contribution in [0.1, 0.15) is 63.2 Å². The number of H-pyrrole nitrogens is 1. The van der Waals surface area contributed by atoms with E-state index >= 15 is 0 Å². The third kappa shape index (κ3) is 2.19. The lowest BCUT2D eigenvalue weighted by atomic mass is 9.82. The summed E-state index contributed by atoms with van der Waals surface area (Å²) in [5, 5.41) is 0. The number of fused-ring (bicyclic) bond motifs is 2. The summed E-state index contributed by atoms with van der Waals surface area (Å²) in [7, 11) is 0. The van der Waals surface area contributed by atoms with Crippen LogP contribution in [0.15, 0.2) is 24.3 Å². The molecule has 3 atom stereocenters. The van der Waals surface area contributed by atoms with Crippen molar-refractivity contribution in [3.63, 3.8) is 0 Å². The lowest BCUT2D eigenvalue weighted by Gasteiger charge is -2.38. The largest absolute Gasteiger partial charge is 0.340 e. The molecule has 4 nitrogen and oxygen atoms in total. The van der Waals surface area contributed by atoms with Crippen LogP contribution in [0.2, 0.25) is 0 Å². The third-order valence-electron chi connectivity index (χ3n) is 6.52. The average Bonchev–Trinajstić information content (AvgIpc) is 3.14. The van der Waals surface area contributed by atoms with E-state index < -0.39 is 0 Å². The molecule has 0 spiro atoms. The van der Waals surface area contributed by atoms with E-state index in [1.54, 1.807) is 0 Å². The Bertz CT molecular complexity index is 730. The van der Waals surface area contributed by atoms with Crippen LogP contribution in [0.4, 0.5) is 0 Å². The fourth-order valence-corrected chi connectivity index (χ4v) is 5.02. The topological polar surface area (TPSA) is 49.0 Å². The van der Waals surface area contributed by atoms with E-state index in [2.05, 4.69) is 22.0 Å². The highest BCUT2D eigenvalue weighted by atomic mass is 16.2. The molecule has 2 heterocycles. The molecule has 3 aliphatic rings. The molecule has 0 bridgehead atoms. The van der Waals surface area contributed by atoms with Crippen molar-refractivity contribution >= 4 is 16.9 Å². The summed E-state index contributed by atoms with van der Waals surface area (Å²) in [5.41, 5.74) is 2.09. The van der Waals surface area contributed by atoms with E-state index in [-0.39, 0.29) is 12.0 Å². The zero-order valence-electron chi connectivity index (χ0n) is 14.1. The zero-order valence-corrected chi connectivity index (χ0v) is 14.1. The van der Waals surface area contributed by atoms with Crippen molar-refractivity contribution < 1.29 is 4.79 Å². The molecule has 126 valence electrons. The molecule has 0 unspecified atom stereocenters. The van der Waals surface area contributed by atoms with E-state index in [0.717, 1.165) is 36.1 Å². The van der Waals surface area contributed by atoms with Gasteiger partial charge in [0.2, 0.25) is 5.91 Å². The van der Waals surface area contributed by atoms with Crippen LogP contribution in [-0.4, -0.2) is 26.8 Å². The van der Waals surface area contributed by atoms with Crippen molar-refractivity contribution in [2.75, 3.05) is 0 Å². The number of aromatic amines is 1. The number of aromatic nitrogens is 2. The van der Waals surface area contributed by atoms with Crippen LogP contribution in [0.5, 0.6) is 0 Å². The van der Waals surface area contributed by atoms with Gasteiger partial charge in [-0.2, -0.15) is 0 Å². The Kier molecular flexibility index (Phi) is 3.39. The Morgan fingerprint density at radius 2 is 1.92 bits per heavy atom. The molecule has 2 aliphatic carbocycles. The Hall–Kier alpha value is -1.84. The molecular formula is C20H25N3O. The summed E-state index contributed by atoms with van der Waals surface area (Å²) >= 11 is 0. The minimum absolute atomic E-state index is 0.151. The summed E-state index contributed by atoms with van der Waals surface area (Å²) in [6, 6.07) is 8.79. The quantitative estimate of drug-likeness (QED) is 0.900. The van der Waals surface area contributed by atoms with Crippen molar-refractivity contribution in [1.82, 2.24) is 14.9 Å². The molecule has 1 N–H and O–H groups in total. The fourth-order valence-electron chi connectivity index (χ4n) is 5.02. The molecule has 1 aromatic heterocycles. The fraction of sp³-hybridized carbons (Fsp3) is 0.600. The predicted molar refractivity (Wildman–Crippen MR) is 93.4 cm³/mol. The van der Waals surface area contributed by atoms with Gasteiger partial charge in [0, 0.05) is 12.0 Å². The lowest BCUT2D eigenvalue weighted by molar-refractivity contribution is -0.142. The van der Waals surface area contributed by atoms with Gasteiger partial charge in [0.25, 0.3) is 0 Å². The van der Waals surface area contributed by atoms with Gasteiger partial charge in [0.1, 0.15) is 5.82 Å². The Morgan fingerprint density at radius 1 is 1.08 bits per heavy atom. The molecule has 1 aromatic carbocycles. The van der Waals surface area contributed by atoms with Crippen LogP contribution < -0.4 is 0 Å². The number of carbonyl (C=O) groups excluding carboxylic acids is 1. The number of imidazole rings is 1. The summed E-state index contributed by atoms with van der Waals surface area (Å²) < 4.78 is 0. The second-order valence-corrected chi connectivity index (χ2v) is 7.88. The van der Waals surface area contributed by atoms with Crippen molar-refractivity contribution in [3.05, 3.63) is 30.1 Å². The summed E-state index contributed by atoms with van der Waals surface area (Å²) in [6.07, 6.45) is 9.51. The van der Waals surface area contributed by atoms with Gasteiger partial charge in [-0.15, -0.1) is 0 Å². The minimum Gasteiger partial charge on any atom is -0.340 e. The molecule has 2 aromatic rings. The summed E-state index contributed by atoms with van der Waals surface area (Å²) in [4.78, 5) is 23.8. The van der Waals surface area contributed by atoms with Gasteiger partial charge in [0.15, 0.2) is 0 Å². The second-order valence-electron chi connectivity index (χ2n) is 7.88. The van der Waals surface area contributed by atoms with E-state index in [1.807, 2.05) is 12.1 Å². The van der Waals surface area contributed by atoms with Gasteiger partial charge in [-0.1, -0.05) is 31.4 Å². The van der Waals surface area contributed by atoms with Crippen LogP contribution in [0.25, 0.3) is 11.0 Å². The Balaban J connectivity index is 1.52. The third-order valence-corrected chi connectivity index (χ3v) is 6.52. The first-order valence-electron chi connectivity index (χ1n) is 9.58. The smallest absolute Gasteiger partial charge is 0.226 e. The molecule has 1 aliphatic heterocycles. The highest BCUT2D eigenvalue weighted by Crippen LogP contribution is 2.47. The van der Waals surface area contributed by atoms with Crippen LogP contribution in [0, 0.1) is 11.8 Å². The maximum atomic E-state index is 13.2. The van der Waals surface area contributed by atoms with Gasteiger partial charge >= 0.3 is 0 Å². The van der Waals surface area contributed by atoms with Gasteiger partial charge in [-0.05, 0) is 50.2 Å². The molecular weight excluding hydrogens is 298 g/mol. The maximum Gasteiger partial charge on any atom is 0.226 e. The first-order chi connectivity index (χ1) is 11.8. The molecule has 3 fully saturated rings. The van der Waals surface area contributed by atoms with Crippen molar-refractivity contribution in [3.8, 4) is 0 Å². The highest BCUT2D eigenvalue weighted by molar-refractivity contribution is 5.81. The number of nitrogens with zero attached hydrogens (tertiary/aromatic N) is 2. The molecule has 0 radical (unpaired) electrons. The number of likely N-dealkylation sites (tertiary alicyclic amines) is 1. The molecule has 24 heavy (non-hydrogen) atoms. The van der Waals surface area contributed by atoms with Crippen LogP contribution in [0.3, 0.4) is 0 Å². The van der Waals surface area contributed by atoms with Crippen LogP contribution >= 0.6 is 0 Å². The van der Waals surface area contributed by atoms with Crippen molar-refractivity contribution in [2.24, 2.45) is 11.8 Å². The molecule has 5 rings (SSSR count). The first-order valence-corrected chi connectivity index (χ1v) is 9.58. The first kappa shape index (κ1) is 14.5. The number of nitrogens with one attached hydrogen (secondary N) is 1. The van der Waals surface area contributed by atoms with Crippen molar-refractivity contribution in [2.45, 2.75) is 63.5 Å². The monoisotopic (exact) mass is 323 g/mol. The maximum absolute atomic E-state index is 13.2. The second kappa shape index (κ2) is 5.61. The number of hydrogen-bond donors (Lipinski definition) is 1. The number of hydrogen-bond acceptors (Lipinski definition) is 2. The van der Waals surface area contributed by atoms with E-state index in [4.69, 9.17) is 4.98 Å². The highest BCUT2D eigenvalue weighted by Gasteiger charge is 2.48. The minimum atomic E-state index is 0.151. The van der Waals surface area contributed by atoms with E-state index in [9.17, 15) is 4.79 Å². The molecule has 2 saturated carbocycles. The summed E-state index contributed by atoms with van der Waals surface area (Å²) in [6.45, 7) is 0. The summed E-state index contributed by atoms with van der Waals surface area (Å²) in [5.74, 6) is 2.35. The zero-order chi connectivity index (χ0) is 16.1. The Morgan fingerprint density at radius 3 is 2.71 bits per heavy atom. The normalized spacial score (nSPS) is 30.3. The van der Waals surface area contributed by atoms with Gasteiger partial charge in [0.05, 0.1) is 17.1 Å². The number of carbonyl (C=O) groups is 1. The van der Waals surface area contributed by atoms with Gasteiger partial charge in [-0.25, -0.2) is 4.98 Å². The predicted octanol–water partition coefficient (Wildman–Crippen LogP) is 4.20.